The molecule has 1 aromatic heterocycles. The lowest BCUT2D eigenvalue weighted by Gasteiger charge is -2.31. The van der Waals surface area contributed by atoms with Gasteiger partial charge < -0.3 is 15.4 Å². The van der Waals surface area contributed by atoms with E-state index >= 15 is 0 Å². The first-order valence-corrected chi connectivity index (χ1v) is 7.58. The smallest absolute Gasteiger partial charge is 0.378 e. The van der Waals surface area contributed by atoms with Crippen LogP contribution in [0.15, 0.2) is 23.6 Å². The minimum Gasteiger partial charge on any atom is -0.378 e. The molecule has 1 saturated heterocycles. The number of anilines is 2. The Morgan fingerprint density at radius 1 is 1.23 bits per heavy atom. The van der Waals surface area contributed by atoms with Crippen LogP contribution in [-0.2, 0) is 10.9 Å². The molecule has 1 aliphatic rings. The van der Waals surface area contributed by atoms with E-state index in [-0.39, 0.29) is 5.69 Å². The highest BCUT2D eigenvalue weighted by molar-refractivity contribution is 7.13. The summed E-state index contributed by atoms with van der Waals surface area (Å²) >= 11 is 1.20. The van der Waals surface area contributed by atoms with Crippen molar-refractivity contribution >= 4 is 22.2 Å². The number of morpholine rings is 1. The van der Waals surface area contributed by atoms with E-state index in [1.165, 1.54) is 17.4 Å². The summed E-state index contributed by atoms with van der Waals surface area (Å²) in [7, 11) is 0. The Hall–Kier alpha value is -1.80. The molecule has 0 atom stereocenters. The summed E-state index contributed by atoms with van der Waals surface area (Å²) < 4.78 is 45.4. The van der Waals surface area contributed by atoms with Crippen molar-refractivity contribution in [3.8, 4) is 11.3 Å². The molecule has 0 radical (unpaired) electrons. The minimum atomic E-state index is -4.43. The monoisotopic (exact) mass is 329 g/mol. The molecular weight excluding hydrogens is 315 g/mol. The van der Waals surface area contributed by atoms with Crippen LogP contribution in [0.3, 0.4) is 0 Å². The highest BCUT2D eigenvalue weighted by Gasteiger charge is 2.35. The zero-order valence-corrected chi connectivity index (χ0v) is 12.4. The molecule has 4 nitrogen and oxygen atoms in total. The Bertz CT molecular complexity index is 666. The van der Waals surface area contributed by atoms with Crippen LogP contribution in [0.4, 0.5) is 24.0 Å². The van der Waals surface area contributed by atoms with E-state index in [1.54, 1.807) is 16.3 Å². The van der Waals surface area contributed by atoms with Gasteiger partial charge in [-0.15, -0.1) is 11.3 Å². The van der Waals surface area contributed by atoms with Crippen molar-refractivity contribution < 1.29 is 17.9 Å². The summed E-state index contributed by atoms with van der Waals surface area (Å²) in [5, 5.41) is 1.99. The van der Waals surface area contributed by atoms with Gasteiger partial charge in [-0.25, -0.2) is 4.98 Å². The van der Waals surface area contributed by atoms with Gasteiger partial charge in [0.25, 0.3) is 0 Å². The summed E-state index contributed by atoms with van der Waals surface area (Å²) in [6, 6.07) is 4.28. The average molecular weight is 329 g/mol. The van der Waals surface area contributed by atoms with Crippen LogP contribution in [0, 0.1) is 0 Å². The van der Waals surface area contributed by atoms with Crippen molar-refractivity contribution in [2.24, 2.45) is 0 Å². The first-order chi connectivity index (χ1) is 10.4. The predicted octanol–water partition coefficient (Wildman–Crippen LogP) is 3.25. The van der Waals surface area contributed by atoms with E-state index in [2.05, 4.69) is 4.98 Å². The lowest BCUT2D eigenvalue weighted by molar-refractivity contribution is -0.137. The third-order valence-electron chi connectivity index (χ3n) is 3.47. The third-order valence-corrected chi connectivity index (χ3v) is 4.15. The second-order valence-corrected chi connectivity index (χ2v) is 5.79. The molecule has 1 aromatic carbocycles. The van der Waals surface area contributed by atoms with Gasteiger partial charge in [0, 0.05) is 29.7 Å². The molecule has 0 unspecified atom stereocenters. The SMILES string of the molecule is Nc1nc(-c2ccc(N3CCOCC3)c(C(F)(F)F)c2)cs1. The Morgan fingerprint density at radius 3 is 2.55 bits per heavy atom. The summed E-state index contributed by atoms with van der Waals surface area (Å²) in [4.78, 5) is 5.74. The Kier molecular flexibility index (Phi) is 3.96. The summed E-state index contributed by atoms with van der Waals surface area (Å²) in [6.45, 7) is 1.77. The van der Waals surface area contributed by atoms with Crippen LogP contribution in [0.25, 0.3) is 11.3 Å². The Labute approximate surface area is 129 Å². The fourth-order valence-corrected chi connectivity index (χ4v) is 2.99. The number of ether oxygens (including phenoxy) is 1. The summed E-state index contributed by atoms with van der Waals surface area (Å²) in [6.07, 6.45) is -4.43. The number of nitrogens with two attached hydrogens (primary N) is 1. The number of halogens is 3. The van der Waals surface area contributed by atoms with Gasteiger partial charge in [0.15, 0.2) is 5.13 Å². The van der Waals surface area contributed by atoms with E-state index in [0.29, 0.717) is 42.7 Å². The van der Waals surface area contributed by atoms with Gasteiger partial charge in [0.05, 0.1) is 24.5 Å². The lowest BCUT2D eigenvalue weighted by atomic mass is 10.0. The van der Waals surface area contributed by atoms with Crippen LogP contribution in [0.1, 0.15) is 5.56 Å². The molecule has 0 amide bonds. The van der Waals surface area contributed by atoms with Gasteiger partial charge in [-0.1, -0.05) is 6.07 Å². The number of alkyl halides is 3. The first-order valence-electron chi connectivity index (χ1n) is 6.70. The molecule has 3 rings (SSSR count). The zero-order chi connectivity index (χ0) is 15.7. The predicted molar refractivity (Wildman–Crippen MR) is 80.0 cm³/mol. The van der Waals surface area contributed by atoms with Crippen LogP contribution in [0.2, 0.25) is 0 Å². The number of rotatable bonds is 2. The number of nitrogens with zero attached hydrogens (tertiary/aromatic N) is 2. The van der Waals surface area contributed by atoms with Gasteiger partial charge in [0.1, 0.15) is 0 Å². The average Bonchev–Trinajstić information content (AvgIpc) is 2.93. The normalized spacial score (nSPS) is 16.0. The van der Waals surface area contributed by atoms with Crippen LogP contribution >= 0.6 is 11.3 Å². The maximum Gasteiger partial charge on any atom is 0.418 e. The fourth-order valence-electron chi connectivity index (χ4n) is 2.42. The molecule has 1 aliphatic heterocycles. The minimum absolute atomic E-state index is 0.183. The van der Waals surface area contributed by atoms with E-state index in [1.807, 2.05) is 0 Å². The molecule has 2 N–H and O–H groups in total. The van der Waals surface area contributed by atoms with E-state index < -0.39 is 11.7 Å². The van der Waals surface area contributed by atoms with Crippen LogP contribution in [0.5, 0.6) is 0 Å². The van der Waals surface area contributed by atoms with Crippen molar-refractivity contribution in [3.05, 3.63) is 29.1 Å². The van der Waals surface area contributed by atoms with Crippen molar-refractivity contribution in [3.63, 3.8) is 0 Å². The van der Waals surface area contributed by atoms with Gasteiger partial charge in [-0.05, 0) is 12.1 Å². The summed E-state index contributed by atoms with van der Waals surface area (Å²) in [5.74, 6) is 0. The molecule has 1 fully saturated rings. The third kappa shape index (κ3) is 3.02. The van der Waals surface area contributed by atoms with Gasteiger partial charge >= 0.3 is 6.18 Å². The molecule has 0 aliphatic carbocycles. The van der Waals surface area contributed by atoms with Gasteiger partial charge in [0.2, 0.25) is 0 Å². The van der Waals surface area contributed by atoms with Crippen LogP contribution in [-0.4, -0.2) is 31.3 Å². The second-order valence-electron chi connectivity index (χ2n) is 4.90. The highest BCUT2D eigenvalue weighted by Crippen LogP contribution is 2.39. The quantitative estimate of drug-likeness (QED) is 0.919. The Morgan fingerprint density at radius 2 is 1.95 bits per heavy atom. The molecular formula is C14H14F3N3OS. The second kappa shape index (κ2) is 5.77. The standard InChI is InChI=1S/C14H14F3N3OS/c15-14(16,17)10-7-9(11-8-22-13(18)19-11)1-2-12(10)20-3-5-21-6-4-20/h1-2,7-8H,3-6H2,(H2,18,19). The number of aromatic nitrogens is 1. The first kappa shape index (κ1) is 15.1. The van der Waals surface area contributed by atoms with Crippen LogP contribution < -0.4 is 10.6 Å². The lowest BCUT2D eigenvalue weighted by Crippen LogP contribution is -2.37. The summed E-state index contributed by atoms with van der Waals surface area (Å²) in [5.41, 5.74) is 5.95. The fraction of sp³-hybridized carbons (Fsp3) is 0.357. The number of hydrogen-bond acceptors (Lipinski definition) is 5. The largest absolute Gasteiger partial charge is 0.418 e. The van der Waals surface area contributed by atoms with Crippen molar-refractivity contribution in [2.75, 3.05) is 36.9 Å². The van der Waals surface area contributed by atoms with E-state index in [0.717, 1.165) is 6.07 Å². The Balaban J connectivity index is 2.03. The number of nitrogen functional groups attached to an aromatic ring is 1. The van der Waals surface area contributed by atoms with E-state index in [4.69, 9.17) is 10.5 Å². The maximum absolute atomic E-state index is 13.4. The molecule has 118 valence electrons. The molecule has 0 spiro atoms. The van der Waals surface area contributed by atoms with Crippen molar-refractivity contribution in [2.45, 2.75) is 6.18 Å². The molecule has 2 heterocycles. The van der Waals surface area contributed by atoms with Crippen molar-refractivity contribution in [1.82, 2.24) is 4.98 Å². The molecule has 2 aromatic rings. The molecule has 0 bridgehead atoms. The number of benzene rings is 1. The molecule has 8 heteroatoms. The zero-order valence-electron chi connectivity index (χ0n) is 11.6. The van der Waals surface area contributed by atoms with Gasteiger partial charge in [-0.3, -0.25) is 0 Å². The highest BCUT2D eigenvalue weighted by atomic mass is 32.1. The molecule has 22 heavy (non-hydrogen) atoms. The molecule has 0 saturated carbocycles. The topological polar surface area (TPSA) is 51.4 Å². The van der Waals surface area contributed by atoms with Crippen molar-refractivity contribution in [1.29, 1.82) is 0 Å². The number of thiazole rings is 1. The van der Waals surface area contributed by atoms with Gasteiger partial charge in [-0.2, -0.15) is 13.2 Å². The maximum atomic E-state index is 13.4. The van der Waals surface area contributed by atoms with E-state index in [9.17, 15) is 13.2 Å². The number of hydrogen-bond donors (Lipinski definition) is 1.